The Kier molecular flexibility index (Phi) is 4.73. The molecule has 0 aliphatic heterocycles. The summed E-state index contributed by atoms with van der Waals surface area (Å²) in [6.45, 7) is 5.55. The summed E-state index contributed by atoms with van der Waals surface area (Å²) >= 11 is 0. The molecule has 1 aliphatic carbocycles. The zero-order valence-corrected chi connectivity index (χ0v) is 10.9. The highest BCUT2D eigenvalue weighted by Gasteiger charge is 2.42. The van der Waals surface area contributed by atoms with Gasteiger partial charge < -0.3 is 5.73 Å². The summed E-state index contributed by atoms with van der Waals surface area (Å²) in [6, 6.07) is 0. The molecule has 6 heteroatoms. The Morgan fingerprint density at radius 1 is 1.31 bits per heavy atom. The molecule has 0 heterocycles. The number of hydrogen-bond donors (Lipinski definition) is 3. The van der Waals surface area contributed by atoms with Gasteiger partial charge in [0.2, 0.25) is 0 Å². The second kappa shape index (κ2) is 5.44. The van der Waals surface area contributed by atoms with Crippen molar-refractivity contribution in [2.24, 2.45) is 17.1 Å². The predicted octanol–water partition coefficient (Wildman–Crippen LogP) is 0.195. The summed E-state index contributed by atoms with van der Waals surface area (Å²) in [5, 5.41) is 0. The van der Waals surface area contributed by atoms with E-state index in [-0.39, 0.29) is 5.41 Å². The van der Waals surface area contributed by atoms with Crippen LogP contribution < -0.4 is 15.2 Å². The molecule has 0 saturated heterocycles. The Labute approximate surface area is 98.4 Å². The van der Waals surface area contributed by atoms with E-state index in [1.807, 2.05) is 13.8 Å². The Bertz CT molecular complexity index is 310. The molecule has 0 amide bonds. The summed E-state index contributed by atoms with van der Waals surface area (Å²) in [7, 11) is -3.33. The van der Waals surface area contributed by atoms with E-state index >= 15 is 0 Å². The molecular weight excluding hydrogens is 226 g/mol. The van der Waals surface area contributed by atoms with Crippen molar-refractivity contribution in [2.45, 2.75) is 33.1 Å². The van der Waals surface area contributed by atoms with E-state index in [2.05, 4.69) is 9.44 Å². The Morgan fingerprint density at radius 3 is 2.38 bits per heavy atom. The van der Waals surface area contributed by atoms with Crippen molar-refractivity contribution < 1.29 is 8.42 Å². The maximum absolute atomic E-state index is 11.6. The average Bonchev–Trinajstić information content (AvgIpc) is 2.94. The third-order valence-electron chi connectivity index (χ3n) is 2.95. The van der Waals surface area contributed by atoms with Crippen LogP contribution in [-0.2, 0) is 10.2 Å². The molecule has 0 aromatic heterocycles. The second-order valence-corrected chi connectivity index (χ2v) is 6.69. The first kappa shape index (κ1) is 13.9. The lowest BCUT2D eigenvalue weighted by atomic mass is 10.0. The molecule has 0 bridgehead atoms. The molecule has 5 nitrogen and oxygen atoms in total. The lowest BCUT2D eigenvalue weighted by molar-refractivity contribution is 0.457. The summed E-state index contributed by atoms with van der Waals surface area (Å²) in [5.74, 6) is 0.315. The molecule has 0 aromatic rings. The van der Waals surface area contributed by atoms with Gasteiger partial charge in [-0.2, -0.15) is 8.42 Å². The number of nitrogens with two attached hydrogens (primary N) is 1. The Hall–Kier alpha value is -0.170. The minimum atomic E-state index is -3.33. The summed E-state index contributed by atoms with van der Waals surface area (Å²) < 4.78 is 28.3. The highest BCUT2D eigenvalue weighted by molar-refractivity contribution is 7.87. The third-order valence-corrected chi connectivity index (χ3v) is 4.02. The molecule has 1 rings (SSSR count). The first-order valence-electron chi connectivity index (χ1n) is 5.83. The second-order valence-electron chi connectivity index (χ2n) is 5.11. The van der Waals surface area contributed by atoms with Gasteiger partial charge in [-0.3, -0.25) is 0 Å². The normalized spacial score (nSPS) is 19.0. The molecule has 4 N–H and O–H groups in total. The van der Waals surface area contributed by atoms with Crippen molar-refractivity contribution in [3.05, 3.63) is 0 Å². The van der Waals surface area contributed by atoms with Gasteiger partial charge in [0, 0.05) is 13.1 Å². The van der Waals surface area contributed by atoms with Crippen molar-refractivity contribution in [1.82, 2.24) is 9.44 Å². The van der Waals surface area contributed by atoms with Gasteiger partial charge in [0.25, 0.3) is 10.2 Å². The molecule has 0 unspecified atom stereocenters. The van der Waals surface area contributed by atoms with E-state index in [1.165, 1.54) is 0 Å². The zero-order chi connectivity index (χ0) is 12.2. The minimum absolute atomic E-state index is 0.140. The van der Waals surface area contributed by atoms with Crippen LogP contribution in [0.4, 0.5) is 0 Å². The molecule has 0 atom stereocenters. The first-order valence-corrected chi connectivity index (χ1v) is 7.32. The lowest BCUT2D eigenvalue weighted by Crippen LogP contribution is -2.41. The monoisotopic (exact) mass is 249 g/mol. The fraction of sp³-hybridized carbons (Fsp3) is 1.00. The number of nitrogens with one attached hydrogen (secondary N) is 2. The highest BCUT2D eigenvalue weighted by atomic mass is 32.2. The van der Waals surface area contributed by atoms with Crippen LogP contribution in [-0.4, -0.2) is 28.1 Å². The average molecular weight is 249 g/mol. The molecule has 1 saturated carbocycles. The van der Waals surface area contributed by atoms with E-state index in [4.69, 9.17) is 5.73 Å². The van der Waals surface area contributed by atoms with Gasteiger partial charge in [-0.15, -0.1) is 0 Å². The largest absolute Gasteiger partial charge is 0.330 e. The van der Waals surface area contributed by atoms with Crippen molar-refractivity contribution in [3.8, 4) is 0 Å². The van der Waals surface area contributed by atoms with Crippen molar-refractivity contribution >= 4 is 10.2 Å². The van der Waals surface area contributed by atoms with Crippen LogP contribution in [0.1, 0.15) is 33.1 Å². The molecule has 0 spiro atoms. The molecule has 0 aromatic carbocycles. The highest BCUT2D eigenvalue weighted by Crippen LogP contribution is 2.47. The van der Waals surface area contributed by atoms with Crippen molar-refractivity contribution in [1.29, 1.82) is 0 Å². The van der Waals surface area contributed by atoms with Crippen LogP contribution in [0, 0.1) is 11.3 Å². The van der Waals surface area contributed by atoms with Gasteiger partial charge in [0.15, 0.2) is 0 Å². The van der Waals surface area contributed by atoms with Gasteiger partial charge in [0.05, 0.1) is 0 Å². The smallest absolute Gasteiger partial charge is 0.276 e. The van der Waals surface area contributed by atoms with E-state index in [9.17, 15) is 8.42 Å². The lowest BCUT2D eigenvalue weighted by Gasteiger charge is -2.15. The zero-order valence-electron chi connectivity index (χ0n) is 10.1. The van der Waals surface area contributed by atoms with Crippen LogP contribution >= 0.6 is 0 Å². The molecular formula is C10H23N3O2S. The van der Waals surface area contributed by atoms with Crippen LogP contribution in [0.15, 0.2) is 0 Å². The van der Waals surface area contributed by atoms with Crippen LogP contribution in [0.2, 0.25) is 0 Å². The Morgan fingerprint density at radius 2 is 1.94 bits per heavy atom. The van der Waals surface area contributed by atoms with Crippen molar-refractivity contribution in [3.63, 3.8) is 0 Å². The molecule has 0 radical (unpaired) electrons. The maximum atomic E-state index is 11.6. The topological polar surface area (TPSA) is 84.2 Å². The van der Waals surface area contributed by atoms with Crippen LogP contribution in [0.25, 0.3) is 0 Å². The van der Waals surface area contributed by atoms with Gasteiger partial charge in [-0.1, -0.05) is 13.8 Å². The summed E-state index contributed by atoms with van der Waals surface area (Å²) in [6.07, 6.45) is 3.06. The van der Waals surface area contributed by atoms with E-state index in [0.29, 0.717) is 25.6 Å². The molecule has 96 valence electrons. The van der Waals surface area contributed by atoms with Crippen molar-refractivity contribution in [2.75, 3.05) is 19.6 Å². The standard InChI is InChI=1S/C10H23N3O2S/c1-9(2)7-12-16(14,15)13-8-10(3-4-10)5-6-11/h9,12-13H,3-8,11H2,1-2H3. The number of rotatable bonds is 8. The summed E-state index contributed by atoms with van der Waals surface area (Å²) in [5.41, 5.74) is 5.64. The van der Waals surface area contributed by atoms with E-state index in [1.54, 1.807) is 0 Å². The fourth-order valence-electron chi connectivity index (χ4n) is 1.57. The minimum Gasteiger partial charge on any atom is -0.330 e. The van der Waals surface area contributed by atoms with E-state index in [0.717, 1.165) is 19.3 Å². The van der Waals surface area contributed by atoms with Crippen LogP contribution in [0.5, 0.6) is 0 Å². The maximum Gasteiger partial charge on any atom is 0.276 e. The van der Waals surface area contributed by atoms with Gasteiger partial charge in [-0.25, -0.2) is 9.44 Å². The van der Waals surface area contributed by atoms with Gasteiger partial charge in [0.1, 0.15) is 0 Å². The van der Waals surface area contributed by atoms with E-state index < -0.39 is 10.2 Å². The third kappa shape index (κ3) is 4.78. The number of hydrogen-bond acceptors (Lipinski definition) is 3. The molecule has 1 aliphatic rings. The first-order chi connectivity index (χ1) is 7.39. The Balaban J connectivity index is 2.31. The predicted molar refractivity (Wildman–Crippen MR) is 65.1 cm³/mol. The fourth-order valence-corrected chi connectivity index (χ4v) is 2.72. The summed E-state index contributed by atoms with van der Waals surface area (Å²) in [4.78, 5) is 0. The molecule has 16 heavy (non-hydrogen) atoms. The SMILES string of the molecule is CC(C)CNS(=O)(=O)NCC1(CCN)CC1. The van der Waals surface area contributed by atoms with Gasteiger partial charge >= 0.3 is 0 Å². The van der Waals surface area contributed by atoms with Crippen LogP contribution in [0.3, 0.4) is 0 Å². The molecule has 1 fully saturated rings. The quantitative estimate of drug-likeness (QED) is 0.574. The van der Waals surface area contributed by atoms with Gasteiger partial charge in [-0.05, 0) is 37.1 Å².